The van der Waals surface area contributed by atoms with Gasteiger partial charge in [0.05, 0.1) is 6.20 Å². The van der Waals surface area contributed by atoms with Crippen molar-refractivity contribution in [2.45, 2.75) is 26.9 Å². The van der Waals surface area contributed by atoms with Crippen LogP contribution in [0.3, 0.4) is 0 Å². The van der Waals surface area contributed by atoms with Gasteiger partial charge in [-0.25, -0.2) is 0 Å². The Bertz CT molecular complexity index is 531. The number of hydrogen-bond acceptors (Lipinski definition) is 2. The number of nitrogens with zero attached hydrogens (tertiary/aromatic N) is 2. The van der Waals surface area contributed by atoms with E-state index in [0.717, 1.165) is 34.0 Å². The number of nitrogens with two attached hydrogens (primary N) is 1. The molecule has 0 amide bonds. The summed E-state index contributed by atoms with van der Waals surface area (Å²) in [6.07, 6.45) is 1.89. The number of benzene rings is 1. The first-order valence-electron chi connectivity index (χ1n) is 5.68. The largest absolute Gasteiger partial charge is 0.326 e. The van der Waals surface area contributed by atoms with E-state index in [2.05, 4.69) is 18.9 Å². The third-order valence-corrected chi connectivity index (χ3v) is 3.35. The summed E-state index contributed by atoms with van der Waals surface area (Å²) in [5, 5.41) is 5.06. The average molecular weight is 250 g/mol. The van der Waals surface area contributed by atoms with Gasteiger partial charge >= 0.3 is 0 Å². The van der Waals surface area contributed by atoms with Crippen molar-refractivity contribution in [2.24, 2.45) is 5.73 Å². The van der Waals surface area contributed by atoms with E-state index >= 15 is 0 Å². The summed E-state index contributed by atoms with van der Waals surface area (Å²) in [7, 11) is 0. The SMILES string of the molecule is CCn1ncc(-c2ccc(Cl)c(CN)c2)c1C. The molecule has 0 unspecified atom stereocenters. The maximum atomic E-state index is 6.06. The predicted octanol–water partition coefficient (Wildman–Crippen LogP) is 2.99. The van der Waals surface area contributed by atoms with Gasteiger partial charge in [0.25, 0.3) is 0 Å². The number of aryl methyl sites for hydroxylation is 1. The van der Waals surface area contributed by atoms with Gasteiger partial charge in [-0.05, 0) is 37.1 Å². The maximum absolute atomic E-state index is 6.06. The molecule has 17 heavy (non-hydrogen) atoms. The van der Waals surface area contributed by atoms with Gasteiger partial charge in [0.1, 0.15) is 0 Å². The smallest absolute Gasteiger partial charge is 0.0571 e. The van der Waals surface area contributed by atoms with E-state index in [9.17, 15) is 0 Å². The molecule has 1 heterocycles. The molecule has 0 bridgehead atoms. The van der Waals surface area contributed by atoms with Gasteiger partial charge < -0.3 is 5.73 Å². The lowest BCUT2D eigenvalue weighted by Crippen LogP contribution is -1.99. The van der Waals surface area contributed by atoms with Crippen molar-refractivity contribution < 1.29 is 0 Å². The lowest BCUT2D eigenvalue weighted by Gasteiger charge is -2.06. The quantitative estimate of drug-likeness (QED) is 0.909. The number of aromatic nitrogens is 2. The summed E-state index contributed by atoms with van der Waals surface area (Å²) >= 11 is 6.06. The van der Waals surface area contributed by atoms with E-state index in [1.807, 2.05) is 29.1 Å². The summed E-state index contributed by atoms with van der Waals surface area (Å²) in [5.41, 5.74) is 10.0. The first-order chi connectivity index (χ1) is 8.17. The summed E-state index contributed by atoms with van der Waals surface area (Å²) in [5.74, 6) is 0. The van der Waals surface area contributed by atoms with Gasteiger partial charge in [-0.1, -0.05) is 17.7 Å². The molecule has 0 atom stereocenters. The summed E-state index contributed by atoms with van der Waals surface area (Å²) in [6.45, 7) is 5.48. The number of halogens is 1. The molecule has 3 nitrogen and oxygen atoms in total. The van der Waals surface area contributed by atoms with E-state index in [4.69, 9.17) is 17.3 Å². The summed E-state index contributed by atoms with van der Waals surface area (Å²) in [4.78, 5) is 0. The fourth-order valence-corrected chi connectivity index (χ4v) is 2.14. The van der Waals surface area contributed by atoms with Crippen molar-refractivity contribution in [1.82, 2.24) is 9.78 Å². The highest BCUT2D eigenvalue weighted by Gasteiger charge is 2.09. The van der Waals surface area contributed by atoms with Gasteiger partial charge in [-0.3, -0.25) is 4.68 Å². The van der Waals surface area contributed by atoms with Crippen LogP contribution in [0, 0.1) is 6.92 Å². The van der Waals surface area contributed by atoms with Crippen LogP contribution in [0.5, 0.6) is 0 Å². The third-order valence-electron chi connectivity index (χ3n) is 2.98. The van der Waals surface area contributed by atoms with Crippen LogP contribution in [-0.4, -0.2) is 9.78 Å². The molecule has 90 valence electrons. The summed E-state index contributed by atoms with van der Waals surface area (Å²) < 4.78 is 1.98. The molecule has 2 N–H and O–H groups in total. The molecular weight excluding hydrogens is 234 g/mol. The van der Waals surface area contributed by atoms with Crippen molar-refractivity contribution in [3.8, 4) is 11.1 Å². The Balaban J connectivity index is 2.49. The predicted molar refractivity (Wildman–Crippen MR) is 71.0 cm³/mol. The Morgan fingerprint density at radius 2 is 2.18 bits per heavy atom. The monoisotopic (exact) mass is 249 g/mol. The second-order valence-corrected chi connectivity index (χ2v) is 4.38. The Labute approximate surface area is 106 Å². The lowest BCUT2D eigenvalue weighted by atomic mass is 10.0. The van der Waals surface area contributed by atoms with Crippen LogP contribution >= 0.6 is 11.6 Å². The Morgan fingerprint density at radius 3 is 2.76 bits per heavy atom. The van der Waals surface area contributed by atoms with E-state index in [1.165, 1.54) is 0 Å². The van der Waals surface area contributed by atoms with Gasteiger partial charge in [0.15, 0.2) is 0 Å². The first-order valence-corrected chi connectivity index (χ1v) is 6.06. The van der Waals surface area contributed by atoms with Crippen LogP contribution in [-0.2, 0) is 13.1 Å². The van der Waals surface area contributed by atoms with Crippen LogP contribution in [0.4, 0.5) is 0 Å². The van der Waals surface area contributed by atoms with Crippen molar-refractivity contribution in [2.75, 3.05) is 0 Å². The standard InChI is InChI=1S/C13H16ClN3/c1-3-17-9(2)12(8-16-17)10-4-5-13(14)11(6-10)7-15/h4-6,8H,3,7,15H2,1-2H3. The van der Waals surface area contributed by atoms with Crippen LogP contribution in [0.1, 0.15) is 18.2 Å². The Kier molecular flexibility index (Phi) is 3.50. The lowest BCUT2D eigenvalue weighted by molar-refractivity contribution is 0.640. The highest BCUT2D eigenvalue weighted by molar-refractivity contribution is 6.31. The van der Waals surface area contributed by atoms with Crippen LogP contribution in [0.2, 0.25) is 5.02 Å². The van der Waals surface area contributed by atoms with Crippen molar-refractivity contribution in [3.63, 3.8) is 0 Å². The zero-order valence-electron chi connectivity index (χ0n) is 10.1. The molecule has 4 heteroatoms. The second kappa shape index (κ2) is 4.90. The minimum Gasteiger partial charge on any atom is -0.326 e. The van der Waals surface area contributed by atoms with Gasteiger partial charge in [0, 0.05) is 29.4 Å². The zero-order chi connectivity index (χ0) is 12.4. The normalized spacial score (nSPS) is 10.8. The molecule has 0 spiro atoms. The molecule has 0 fully saturated rings. The van der Waals surface area contributed by atoms with Crippen LogP contribution in [0.15, 0.2) is 24.4 Å². The van der Waals surface area contributed by atoms with Gasteiger partial charge in [0.2, 0.25) is 0 Å². The molecule has 2 aromatic rings. The fraction of sp³-hybridized carbons (Fsp3) is 0.308. The highest BCUT2D eigenvalue weighted by atomic mass is 35.5. The van der Waals surface area contributed by atoms with E-state index in [0.29, 0.717) is 6.54 Å². The molecule has 0 saturated carbocycles. The third kappa shape index (κ3) is 2.21. The highest BCUT2D eigenvalue weighted by Crippen LogP contribution is 2.27. The van der Waals surface area contributed by atoms with Crippen LogP contribution < -0.4 is 5.73 Å². The fourth-order valence-electron chi connectivity index (χ4n) is 1.95. The second-order valence-electron chi connectivity index (χ2n) is 3.97. The molecule has 0 saturated heterocycles. The van der Waals surface area contributed by atoms with Crippen LogP contribution in [0.25, 0.3) is 11.1 Å². The first kappa shape index (κ1) is 12.1. The summed E-state index contributed by atoms with van der Waals surface area (Å²) in [6, 6.07) is 5.93. The van der Waals surface area contributed by atoms with Crippen molar-refractivity contribution in [3.05, 3.63) is 40.7 Å². The minimum atomic E-state index is 0.452. The van der Waals surface area contributed by atoms with E-state index in [1.54, 1.807) is 0 Å². The molecule has 1 aromatic carbocycles. The molecule has 0 aliphatic carbocycles. The van der Waals surface area contributed by atoms with Gasteiger partial charge in [-0.2, -0.15) is 5.10 Å². The molecule has 0 aliphatic rings. The minimum absolute atomic E-state index is 0.452. The van der Waals surface area contributed by atoms with Gasteiger partial charge in [-0.15, -0.1) is 0 Å². The van der Waals surface area contributed by atoms with E-state index in [-0.39, 0.29) is 0 Å². The molecular formula is C13H16ClN3. The maximum Gasteiger partial charge on any atom is 0.0571 e. The molecule has 1 aromatic heterocycles. The topological polar surface area (TPSA) is 43.8 Å². The Hall–Kier alpha value is -1.32. The molecule has 0 radical (unpaired) electrons. The van der Waals surface area contributed by atoms with Crippen molar-refractivity contribution >= 4 is 11.6 Å². The zero-order valence-corrected chi connectivity index (χ0v) is 10.8. The number of hydrogen-bond donors (Lipinski definition) is 1. The number of rotatable bonds is 3. The molecule has 2 rings (SSSR count). The van der Waals surface area contributed by atoms with E-state index < -0.39 is 0 Å². The average Bonchev–Trinajstić information content (AvgIpc) is 2.71. The van der Waals surface area contributed by atoms with Crippen molar-refractivity contribution in [1.29, 1.82) is 0 Å². The Morgan fingerprint density at radius 1 is 1.41 bits per heavy atom. The molecule has 0 aliphatic heterocycles.